The van der Waals surface area contributed by atoms with Crippen LogP contribution in [-0.4, -0.2) is 20.1 Å². The first-order valence-electron chi connectivity index (χ1n) is 7.31. The molecule has 2 aromatic carbocycles. The van der Waals surface area contributed by atoms with Gasteiger partial charge < -0.3 is 5.32 Å². The lowest BCUT2D eigenvalue weighted by molar-refractivity contribution is -0.120. The molecular weight excluding hydrogens is 369 g/mol. The molecule has 1 amide bonds. The van der Waals surface area contributed by atoms with Crippen LogP contribution in [0.15, 0.2) is 48.5 Å². The van der Waals surface area contributed by atoms with E-state index in [-0.39, 0.29) is 30.4 Å². The summed E-state index contributed by atoms with van der Waals surface area (Å²) in [4.78, 5) is 11.8. The Kier molecular flexibility index (Phi) is 6.66. The van der Waals surface area contributed by atoms with Gasteiger partial charge in [0, 0.05) is 23.0 Å². The summed E-state index contributed by atoms with van der Waals surface area (Å²) in [6, 6.07) is 13.8. The number of nitrogens with one attached hydrogen (secondary N) is 1. The highest BCUT2D eigenvalue weighted by molar-refractivity contribution is 7.90. The van der Waals surface area contributed by atoms with Crippen LogP contribution in [0.25, 0.3) is 0 Å². The van der Waals surface area contributed by atoms with Gasteiger partial charge in [0.25, 0.3) is 0 Å². The number of carbonyl (C=O) groups is 1. The maximum absolute atomic E-state index is 12.1. The zero-order valence-corrected chi connectivity index (χ0v) is 15.2. The van der Waals surface area contributed by atoms with Gasteiger partial charge in [-0.25, -0.2) is 8.42 Å². The Labute approximate surface area is 151 Å². The molecular formula is C17H17Cl2NO3S. The lowest BCUT2D eigenvalue weighted by atomic mass is 10.2. The fourth-order valence-electron chi connectivity index (χ4n) is 2.13. The molecule has 0 bridgehead atoms. The molecule has 0 aliphatic heterocycles. The summed E-state index contributed by atoms with van der Waals surface area (Å²) in [5.41, 5.74) is 1.40. The fourth-order valence-corrected chi connectivity index (χ4v) is 3.87. The average Bonchev–Trinajstić information content (AvgIpc) is 2.52. The minimum atomic E-state index is -3.38. The van der Waals surface area contributed by atoms with Crippen LogP contribution in [0.2, 0.25) is 10.0 Å². The summed E-state index contributed by atoms with van der Waals surface area (Å²) >= 11 is 11.8. The molecule has 0 radical (unpaired) electrons. The highest BCUT2D eigenvalue weighted by Crippen LogP contribution is 2.15. The zero-order valence-electron chi connectivity index (χ0n) is 12.8. The molecule has 128 valence electrons. The Bertz CT molecular complexity index is 822. The Morgan fingerprint density at radius 1 is 1.04 bits per heavy atom. The van der Waals surface area contributed by atoms with Gasteiger partial charge >= 0.3 is 0 Å². The Balaban J connectivity index is 1.83. The van der Waals surface area contributed by atoms with Crippen LogP contribution in [0, 0.1) is 0 Å². The van der Waals surface area contributed by atoms with E-state index in [1.807, 2.05) is 6.07 Å². The number of sulfone groups is 1. The van der Waals surface area contributed by atoms with Gasteiger partial charge in [-0.3, -0.25) is 4.79 Å². The summed E-state index contributed by atoms with van der Waals surface area (Å²) in [6.07, 6.45) is -0.0899. The van der Waals surface area contributed by atoms with E-state index in [1.165, 1.54) is 0 Å². The minimum Gasteiger partial charge on any atom is -0.352 e. The molecule has 0 aromatic heterocycles. The first kappa shape index (κ1) is 18.8. The second-order valence-corrected chi connectivity index (χ2v) is 8.37. The van der Waals surface area contributed by atoms with E-state index < -0.39 is 9.84 Å². The molecule has 0 heterocycles. The SMILES string of the molecule is O=C(CCS(=O)(=O)Cc1cccc(Cl)c1)NCc1ccccc1Cl. The van der Waals surface area contributed by atoms with Crippen molar-refractivity contribution in [2.45, 2.75) is 18.7 Å². The van der Waals surface area contributed by atoms with Gasteiger partial charge in [0.05, 0.1) is 11.5 Å². The van der Waals surface area contributed by atoms with Crippen molar-refractivity contribution >= 4 is 38.9 Å². The van der Waals surface area contributed by atoms with Crippen molar-refractivity contribution in [2.75, 3.05) is 5.75 Å². The smallest absolute Gasteiger partial charge is 0.221 e. The molecule has 2 aromatic rings. The lowest BCUT2D eigenvalue weighted by Crippen LogP contribution is -2.25. The third-order valence-electron chi connectivity index (χ3n) is 3.35. The summed E-state index contributed by atoms with van der Waals surface area (Å²) < 4.78 is 24.2. The van der Waals surface area contributed by atoms with Gasteiger partial charge in [0.1, 0.15) is 0 Å². The maximum atomic E-state index is 12.1. The molecule has 4 nitrogen and oxygen atoms in total. The van der Waals surface area contributed by atoms with Gasteiger partial charge in [-0.15, -0.1) is 0 Å². The van der Waals surface area contributed by atoms with Crippen LogP contribution >= 0.6 is 23.2 Å². The summed E-state index contributed by atoms with van der Waals surface area (Å²) in [6.45, 7) is 0.271. The van der Waals surface area contributed by atoms with Gasteiger partial charge in [-0.2, -0.15) is 0 Å². The van der Waals surface area contributed by atoms with E-state index in [0.717, 1.165) is 5.56 Å². The van der Waals surface area contributed by atoms with Crippen LogP contribution < -0.4 is 5.32 Å². The van der Waals surface area contributed by atoms with Crippen molar-refractivity contribution in [2.24, 2.45) is 0 Å². The van der Waals surface area contributed by atoms with Gasteiger partial charge in [-0.05, 0) is 29.3 Å². The Morgan fingerprint density at radius 2 is 1.79 bits per heavy atom. The maximum Gasteiger partial charge on any atom is 0.221 e. The summed E-state index contributed by atoms with van der Waals surface area (Å²) in [5, 5.41) is 3.72. The Morgan fingerprint density at radius 3 is 2.50 bits per heavy atom. The number of hydrogen-bond donors (Lipinski definition) is 1. The van der Waals surface area contributed by atoms with E-state index in [0.29, 0.717) is 15.6 Å². The standard InChI is InChI=1S/C17H17Cl2NO3S/c18-15-6-3-4-13(10-15)12-24(22,23)9-8-17(21)20-11-14-5-1-2-7-16(14)19/h1-7,10H,8-9,11-12H2,(H,20,21). The summed E-state index contributed by atoms with van der Waals surface area (Å²) in [7, 11) is -3.38. The molecule has 0 saturated heterocycles. The number of hydrogen-bond acceptors (Lipinski definition) is 3. The first-order valence-corrected chi connectivity index (χ1v) is 9.88. The van der Waals surface area contributed by atoms with E-state index >= 15 is 0 Å². The number of rotatable bonds is 7. The van der Waals surface area contributed by atoms with Crippen molar-refractivity contribution in [1.29, 1.82) is 0 Å². The third kappa shape index (κ3) is 6.15. The number of amides is 1. The van der Waals surface area contributed by atoms with Crippen LogP contribution in [-0.2, 0) is 26.9 Å². The largest absolute Gasteiger partial charge is 0.352 e. The number of benzene rings is 2. The van der Waals surface area contributed by atoms with Crippen molar-refractivity contribution in [3.8, 4) is 0 Å². The lowest BCUT2D eigenvalue weighted by Gasteiger charge is -2.08. The van der Waals surface area contributed by atoms with E-state index in [1.54, 1.807) is 42.5 Å². The number of carbonyl (C=O) groups excluding carboxylic acids is 1. The van der Waals surface area contributed by atoms with Gasteiger partial charge in [0.2, 0.25) is 5.91 Å². The molecule has 0 fully saturated rings. The van der Waals surface area contributed by atoms with E-state index in [2.05, 4.69) is 5.32 Å². The molecule has 0 saturated carbocycles. The minimum absolute atomic E-state index is 0.0899. The average molecular weight is 386 g/mol. The molecule has 0 unspecified atom stereocenters. The molecule has 24 heavy (non-hydrogen) atoms. The van der Waals surface area contributed by atoms with Crippen molar-refractivity contribution in [3.05, 3.63) is 69.7 Å². The third-order valence-corrected chi connectivity index (χ3v) is 5.55. The Hall–Kier alpha value is -1.56. The summed E-state index contributed by atoms with van der Waals surface area (Å²) in [5.74, 6) is -0.677. The molecule has 1 N–H and O–H groups in total. The van der Waals surface area contributed by atoms with Crippen LogP contribution in [0.5, 0.6) is 0 Å². The van der Waals surface area contributed by atoms with Crippen molar-refractivity contribution < 1.29 is 13.2 Å². The second-order valence-electron chi connectivity index (χ2n) is 5.34. The first-order chi connectivity index (χ1) is 11.4. The van der Waals surface area contributed by atoms with E-state index in [4.69, 9.17) is 23.2 Å². The van der Waals surface area contributed by atoms with Crippen LogP contribution in [0.3, 0.4) is 0 Å². The monoisotopic (exact) mass is 385 g/mol. The van der Waals surface area contributed by atoms with Crippen molar-refractivity contribution in [1.82, 2.24) is 5.32 Å². The van der Waals surface area contributed by atoms with Crippen molar-refractivity contribution in [3.63, 3.8) is 0 Å². The van der Waals surface area contributed by atoms with Crippen LogP contribution in [0.1, 0.15) is 17.5 Å². The molecule has 0 aliphatic rings. The number of halogens is 2. The molecule has 7 heteroatoms. The van der Waals surface area contributed by atoms with E-state index in [9.17, 15) is 13.2 Å². The topological polar surface area (TPSA) is 63.2 Å². The van der Waals surface area contributed by atoms with Gasteiger partial charge in [0.15, 0.2) is 9.84 Å². The van der Waals surface area contributed by atoms with Crippen LogP contribution in [0.4, 0.5) is 0 Å². The fraction of sp³-hybridized carbons (Fsp3) is 0.235. The molecule has 0 atom stereocenters. The zero-order chi connectivity index (χ0) is 17.6. The predicted molar refractivity (Wildman–Crippen MR) is 96.9 cm³/mol. The van der Waals surface area contributed by atoms with Gasteiger partial charge in [-0.1, -0.05) is 53.5 Å². The molecule has 2 rings (SSSR count). The second kappa shape index (κ2) is 8.51. The predicted octanol–water partition coefficient (Wildman–Crippen LogP) is 3.61. The highest BCUT2D eigenvalue weighted by atomic mass is 35.5. The normalized spacial score (nSPS) is 11.2. The molecule has 0 spiro atoms. The molecule has 0 aliphatic carbocycles. The quantitative estimate of drug-likeness (QED) is 0.791. The highest BCUT2D eigenvalue weighted by Gasteiger charge is 2.15.